The number of aromatic nitrogens is 3. The predicted molar refractivity (Wildman–Crippen MR) is 89.7 cm³/mol. The number of hydrogen-bond acceptors (Lipinski definition) is 4. The van der Waals surface area contributed by atoms with E-state index in [1.807, 2.05) is 30.3 Å². The number of rotatable bonds is 4. The van der Waals surface area contributed by atoms with Crippen LogP contribution in [0.2, 0.25) is 0 Å². The fraction of sp³-hybridized carbons (Fsp3) is 0.0625. The highest BCUT2D eigenvalue weighted by Crippen LogP contribution is 2.16. The van der Waals surface area contributed by atoms with Gasteiger partial charge in [-0.05, 0) is 30.4 Å². The van der Waals surface area contributed by atoms with Crippen LogP contribution in [0.15, 0.2) is 54.9 Å². The lowest BCUT2D eigenvalue weighted by Gasteiger charge is -2.09. The van der Waals surface area contributed by atoms with Gasteiger partial charge in [0, 0.05) is 18.0 Å². The molecule has 0 atom stereocenters. The summed E-state index contributed by atoms with van der Waals surface area (Å²) in [6, 6.07) is 12.8. The van der Waals surface area contributed by atoms with E-state index in [4.69, 9.17) is 17.0 Å². The summed E-state index contributed by atoms with van der Waals surface area (Å²) in [6.07, 6.45) is 3.12. The molecule has 0 bridgehead atoms. The van der Waals surface area contributed by atoms with Crippen molar-refractivity contribution >= 4 is 23.8 Å². The standard InChI is InChI=1S/C16H14N4O2S/c1-22-14-8-7-11(9-17-14)19-15(21)13-10-18-16(23)20(13)12-5-3-2-4-6-12/h2-10H,1H3,(H,18,23)(H,19,21). The van der Waals surface area contributed by atoms with Crippen LogP contribution in [0.1, 0.15) is 10.5 Å². The minimum Gasteiger partial charge on any atom is -0.481 e. The van der Waals surface area contributed by atoms with Gasteiger partial charge in [-0.15, -0.1) is 0 Å². The number of para-hydroxylation sites is 1. The molecule has 116 valence electrons. The van der Waals surface area contributed by atoms with E-state index < -0.39 is 0 Å². The van der Waals surface area contributed by atoms with Crippen molar-refractivity contribution < 1.29 is 9.53 Å². The van der Waals surface area contributed by atoms with Crippen molar-refractivity contribution in [3.05, 3.63) is 65.3 Å². The third-order valence-corrected chi connectivity index (χ3v) is 3.53. The maximum atomic E-state index is 12.5. The lowest BCUT2D eigenvalue weighted by atomic mass is 10.3. The van der Waals surface area contributed by atoms with Gasteiger partial charge in [0.2, 0.25) is 5.88 Å². The summed E-state index contributed by atoms with van der Waals surface area (Å²) >= 11 is 5.27. The highest BCUT2D eigenvalue weighted by Gasteiger charge is 2.14. The first-order chi connectivity index (χ1) is 11.2. The van der Waals surface area contributed by atoms with Crippen molar-refractivity contribution in [3.8, 4) is 11.6 Å². The number of benzene rings is 1. The molecule has 1 amide bonds. The number of pyridine rings is 1. The van der Waals surface area contributed by atoms with Crippen molar-refractivity contribution in [3.63, 3.8) is 0 Å². The van der Waals surface area contributed by atoms with Gasteiger partial charge in [-0.25, -0.2) is 4.98 Å². The van der Waals surface area contributed by atoms with Crippen LogP contribution in [0.25, 0.3) is 5.69 Å². The molecule has 3 aromatic rings. The van der Waals surface area contributed by atoms with E-state index in [9.17, 15) is 4.79 Å². The van der Waals surface area contributed by atoms with Gasteiger partial charge in [-0.2, -0.15) is 0 Å². The van der Waals surface area contributed by atoms with Gasteiger partial charge in [0.05, 0.1) is 19.0 Å². The molecule has 2 heterocycles. The van der Waals surface area contributed by atoms with Crippen LogP contribution in [0.3, 0.4) is 0 Å². The Balaban J connectivity index is 1.90. The Hall–Kier alpha value is -2.93. The fourth-order valence-corrected chi connectivity index (χ4v) is 2.40. The second-order valence-corrected chi connectivity index (χ2v) is 5.08. The number of methoxy groups -OCH3 is 1. The number of nitrogens with zero attached hydrogens (tertiary/aromatic N) is 2. The van der Waals surface area contributed by atoms with Gasteiger partial charge in [-0.1, -0.05) is 18.2 Å². The summed E-state index contributed by atoms with van der Waals surface area (Å²) in [5.74, 6) is 0.199. The van der Waals surface area contributed by atoms with Gasteiger partial charge < -0.3 is 15.0 Å². The lowest BCUT2D eigenvalue weighted by molar-refractivity contribution is 0.102. The van der Waals surface area contributed by atoms with Gasteiger partial charge in [0.25, 0.3) is 5.91 Å². The number of hydrogen-bond donors (Lipinski definition) is 2. The van der Waals surface area contributed by atoms with Gasteiger partial charge in [0.15, 0.2) is 4.77 Å². The van der Waals surface area contributed by atoms with Crippen LogP contribution in [0, 0.1) is 4.77 Å². The van der Waals surface area contributed by atoms with Crippen LogP contribution >= 0.6 is 12.2 Å². The van der Waals surface area contributed by atoms with Crippen molar-refractivity contribution in [2.45, 2.75) is 0 Å². The van der Waals surface area contributed by atoms with Crippen molar-refractivity contribution in [2.75, 3.05) is 12.4 Å². The minimum atomic E-state index is -0.284. The van der Waals surface area contributed by atoms with Crippen molar-refractivity contribution in [2.24, 2.45) is 0 Å². The van der Waals surface area contributed by atoms with E-state index in [-0.39, 0.29) is 5.91 Å². The van der Waals surface area contributed by atoms with Gasteiger partial charge in [0.1, 0.15) is 5.69 Å². The van der Waals surface area contributed by atoms with Crippen LogP contribution in [0.5, 0.6) is 5.88 Å². The molecule has 23 heavy (non-hydrogen) atoms. The monoisotopic (exact) mass is 326 g/mol. The van der Waals surface area contributed by atoms with E-state index in [1.54, 1.807) is 22.9 Å². The molecule has 0 aliphatic heterocycles. The summed E-state index contributed by atoms with van der Waals surface area (Å²) in [5.41, 5.74) is 1.80. The first-order valence-corrected chi connectivity index (χ1v) is 7.27. The molecule has 2 N–H and O–H groups in total. The summed E-state index contributed by atoms with van der Waals surface area (Å²) in [4.78, 5) is 19.5. The topological polar surface area (TPSA) is 71.9 Å². The van der Waals surface area contributed by atoms with Crippen LogP contribution in [-0.4, -0.2) is 27.6 Å². The maximum Gasteiger partial charge on any atom is 0.274 e. The molecule has 0 saturated heterocycles. The number of imidazole rings is 1. The molecule has 0 aliphatic carbocycles. The Kier molecular flexibility index (Phi) is 4.20. The average molecular weight is 326 g/mol. The van der Waals surface area contributed by atoms with Crippen molar-refractivity contribution in [1.29, 1.82) is 0 Å². The number of aromatic amines is 1. The zero-order chi connectivity index (χ0) is 16.2. The second kappa shape index (κ2) is 6.45. The number of anilines is 1. The molecule has 0 radical (unpaired) electrons. The minimum absolute atomic E-state index is 0.284. The normalized spacial score (nSPS) is 10.3. The van der Waals surface area contributed by atoms with E-state index in [2.05, 4.69) is 15.3 Å². The Bertz CT molecular complexity index is 869. The Labute approximate surface area is 137 Å². The first-order valence-electron chi connectivity index (χ1n) is 6.86. The number of carbonyl (C=O) groups excluding carboxylic acids is 1. The summed E-state index contributed by atoms with van der Waals surface area (Å²) in [7, 11) is 1.54. The number of H-pyrrole nitrogens is 1. The molecular formula is C16H14N4O2S. The maximum absolute atomic E-state index is 12.5. The van der Waals surface area contributed by atoms with Crippen LogP contribution in [0.4, 0.5) is 5.69 Å². The first kappa shape index (κ1) is 15.0. The number of amides is 1. The third-order valence-electron chi connectivity index (χ3n) is 3.23. The van der Waals surface area contributed by atoms with E-state index in [0.29, 0.717) is 22.0 Å². The van der Waals surface area contributed by atoms with Crippen LogP contribution < -0.4 is 10.1 Å². The largest absolute Gasteiger partial charge is 0.481 e. The molecule has 3 rings (SSSR count). The lowest BCUT2D eigenvalue weighted by Crippen LogP contribution is -2.16. The Morgan fingerprint density at radius 1 is 1.26 bits per heavy atom. The number of ether oxygens (including phenoxy) is 1. The average Bonchev–Trinajstić information content (AvgIpc) is 2.98. The summed E-state index contributed by atoms with van der Waals surface area (Å²) in [5, 5.41) is 2.79. The smallest absolute Gasteiger partial charge is 0.274 e. The molecule has 0 fully saturated rings. The third kappa shape index (κ3) is 3.14. The molecule has 0 aliphatic rings. The van der Waals surface area contributed by atoms with E-state index in [0.717, 1.165) is 5.69 Å². The second-order valence-electron chi connectivity index (χ2n) is 4.69. The van der Waals surface area contributed by atoms with E-state index >= 15 is 0 Å². The highest BCUT2D eigenvalue weighted by molar-refractivity contribution is 7.71. The summed E-state index contributed by atoms with van der Waals surface area (Å²) in [6.45, 7) is 0. The predicted octanol–water partition coefficient (Wildman–Crippen LogP) is 3.19. The molecule has 2 aromatic heterocycles. The molecule has 0 unspecified atom stereocenters. The Morgan fingerprint density at radius 2 is 2.04 bits per heavy atom. The zero-order valence-electron chi connectivity index (χ0n) is 12.3. The molecule has 7 heteroatoms. The number of nitrogens with one attached hydrogen (secondary N) is 2. The van der Waals surface area contributed by atoms with Gasteiger partial charge >= 0.3 is 0 Å². The van der Waals surface area contributed by atoms with Gasteiger partial charge in [-0.3, -0.25) is 9.36 Å². The molecule has 1 aromatic carbocycles. The molecule has 0 spiro atoms. The number of carbonyl (C=O) groups is 1. The van der Waals surface area contributed by atoms with Crippen LogP contribution in [-0.2, 0) is 0 Å². The fourth-order valence-electron chi connectivity index (χ4n) is 2.14. The zero-order valence-corrected chi connectivity index (χ0v) is 13.1. The molecular weight excluding hydrogens is 312 g/mol. The van der Waals surface area contributed by atoms with Crippen molar-refractivity contribution in [1.82, 2.24) is 14.5 Å². The summed E-state index contributed by atoms with van der Waals surface area (Å²) < 4.78 is 7.13. The highest BCUT2D eigenvalue weighted by atomic mass is 32.1. The SMILES string of the molecule is COc1ccc(NC(=O)c2c[nH]c(=S)n2-c2ccccc2)cn1. The van der Waals surface area contributed by atoms with E-state index in [1.165, 1.54) is 13.3 Å². The quantitative estimate of drug-likeness (QED) is 0.722. The molecule has 0 saturated carbocycles. The Morgan fingerprint density at radius 3 is 2.70 bits per heavy atom. The molecule has 6 nitrogen and oxygen atoms in total.